The van der Waals surface area contributed by atoms with Crippen molar-refractivity contribution in [2.24, 2.45) is 5.73 Å². The molecule has 1 fully saturated rings. The van der Waals surface area contributed by atoms with E-state index in [4.69, 9.17) is 5.73 Å². The Hall–Kier alpha value is -0.870. The number of aromatic nitrogens is 2. The fourth-order valence-electron chi connectivity index (χ4n) is 2.14. The highest BCUT2D eigenvalue weighted by molar-refractivity contribution is 4.98. The molecule has 1 atom stereocenters. The summed E-state index contributed by atoms with van der Waals surface area (Å²) in [6, 6.07) is 0.601. The van der Waals surface area contributed by atoms with Gasteiger partial charge in [-0.2, -0.15) is 0 Å². The van der Waals surface area contributed by atoms with Gasteiger partial charge in [-0.25, -0.2) is 4.98 Å². The predicted molar refractivity (Wildman–Crippen MR) is 56.1 cm³/mol. The molecule has 4 heteroatoms. The molecule has 1 aromatic heterocycles. The normalized spacial score (nSPS) is 23.1. The van der Waals surface area contributed by atoms with E-state index in [1.165, 1.54) is 13.0 Å². The van der Waals surface area contributed by atoms with Crippen molar-refractivity contribution in [2.75, 3.05) is 26.7 Å². The molecule has 14 heavy (non-hydrogen) atoms. The topological polar surface area (TPSA) is 47.1 Å². The average Bonchev–Trinajstić information content (AvgIpc) is 2.74. The third-order valence-electron chi connectivity index (χ3n) is 2.88. The Kier molecular flexibility index (Phi) is 2.84. The maximum absolute atomic E-state index is 5.55. The zero-order valence-corrected chi connectivity index (χ0v) is 8.69. The molecule has 1 unspecified atom stereocenters. The van der Waals surface area contributed by atoms with E-state index in [0.717, 1.165) is 18.8 Å². The van der Waals surface area contributed by atoms with Gasteiger partial charge in [-0.1, -0.05) is 0 Å². The highest BCUT2D eigenvalue weighted by atomic mass is 15.2. The third-order valence-corrected chi connectivity index (χ3v) is 2.88. The maximum atomic E-state index is 5.55. The minimum atomic E-state index is 0.601. The summed E-state index contributed by atoms with van der Waals surface area (Å²) in [6.07, 6.45) is 6.07. The second-order valence-corrected chi connectivity index (χ2v) is 3.99. The van der Waals surface area contributed by atoms with Crippen molar-refractivity contribution >= 4 is 0 Å². The first-order chi connectivity index (χ1) is 6.81. The summed E-state index contributed by atoms with van der Waals surface area (Å²) in [5, 5.41) is 0. The molecule has 0 spiro atoms. The largest absolute Gasteiger partial charge is 0.331 e. The van der Waals surface area contributed by atoms with E-state index in [1.54, 1.807) is 0 Å². The molecule has 0 aromatic carbocycles. The molecule has 2 heterocycles. The van der Waals surface area contributed by atoms with Gasteiger partial charge in [0.25, 0.3) is 0 Å². The molecular formula is C10H18N4. The summed E-state index contributed by atoms with van der Waals surface area (Å²) in [5.74, 6) is 1.13. The molecule has 1 saturated heterocycles. The van der Waals surface area contributed by atoms with Crippen LogP contribution in [0.3, 0.4) is 0 Å². The lowest BCUT2D eigenvalue weighted by molar-refractivity contribution is 0.389. The van der Waals surface area contributed by atoms with E-state index in [2.05, 4.69) is 27.7 Å². The van der Waals surface area contributed by atoms with E-state index >= 15 is 0 Å². The van der Waals surface area contributed by atoms with Crippen LogP contribution in [0.2, 0.25) is 0 Å². The molecule has 0 bridgehead atoms. The minimum absolute atomic E-state index is 0.601. The molecular weight excluding hydrogens is 176 g/mol. The van der Waals surface area contributed by atoms with Gasteiger partial charge >= 0.3 is 0 Å². The van der Waals surface area contributed by atoms with Crippen LogP contribution in [0.25, 0.3) is 0 Å². The number of nitrogens with zero attached hydrogens (tertiary/aromatic N) is 3. The van der Waals surface area contributed by atoms with E-state index in [1.807, 2.05) is 6.20 Å². The SMILES string of the molecule is CN1CCC(n2ccnc2CCN)C1. The summed E-state index contributed by atoms with van der Waals surface area (Å²) in [7, 11) is 2.17. The second-order valence-electron chi connectivity index (χ2n) is 3.99. The maximum Gasteiger partial charge on any atom is 0.110 e. The molecule has 78 valence electrons. The third kappa shape index (κ3) is 1.81. The zero-order valence-electron chi connectivity index (χ0n) is 8.69. The fraction of sp³-hybridized carbons (Fsp3) is 0.700. The number of rotatable bonds is 3. The number of likely N-dealkylation sites (N-methyl/N-ethyl adjacent to an activating group) is 1. The van der Waals surface area contributed by atoms with Gasteiger partial charge in [0, 0.05) is 31.4 Å². The molecule has 2 rings (SSSR count). The van der Waals surface area contributed by atoms with Crippen LogP contribution < -0.4 is 5.73 Å². The Morgan fingerprint density at radius 1 is 1.64 bits per heavy atom. The van der Waals surface area contributed by atoms with Gasteiger partial charge in [-0.15, -0.1) is 0 Å². The molecule has 1 aliphatic rings. The fourth-order valence-corrected chi connectivity index (χ4v) is 2.14. The molecule has 1 aromatic rings. The van der Waals surface area contributed by atoms with Crippen LogP contribution in [0.1, 0.15) is 18.3 Å². The molecule has 1 aliphatic heterocycles. The van der Waals surface area contributed by atoms with Gasteiger partial charge in [0.1, 0.15) is 5.82 Å². The Morgan fingerprint density at radius 3 is 3.14 bits per heavy atom. The Labute approximate surface area is 84.7 Å². The first-order valence-corrected chi connectivity index (χ1v) is 5.21. The smallest absolute Gasteiger partial charge is 0.110 e. The summed E-state index contributed by atoms with van der Waals surface area (Å²) in [6.45, 7) is 3.00. The van der Waals surface area contributed by atoms with Gasteiger partial charge in [-0.05, 0) is 26.6 Å². The quantitative estimate of drug-likeness (QED) is 0.751. The van der Waals surface area contributed by atoms with Gasteiger partial charge in [-0.3, -0.25) is 0 Å². The van der Waals surface area contributed by atoms with Crippen molar-refractivity contribution in [3.8, 4) is 0 Å². The van der Waals surface area contributed by atoms with Crippen molar-refractivity contribution in [3.63, 3.8) is 0 Å². The summed E-state index contributed by atoms with van der Waals surface area (Å²) < 4.78 is 2.29. The predicted octanol–water partition coefficient (Wildman–Crippen LogP) is 0.261. The first-order valence-electron chi connectivity index (χ1n) is 5.21. The van der Waals surface area contributed by atoms with Crippen LogP contribution >= 0.6 is 0 Å². The Bertz CT molecular complexity index is 294. The van der Waals surface area contributed by atoms with Crippen molar-refractivity contribution < 1.29 is 0 Å². The van der Waals surface area contributed by atoms with Crippen LogP contribution in [0, 0.1) is 0 Å². The van der Waals surface area contributed by atoms with E-state index in [9.17, 15) is 0 Å². The molecule has 0 amide bonds. The number of hydrogen-bond donors (Lipinski definition) is 1. The van der Waals surface area contributed by atoms with Crippen molar-refractivity contribution in [1.29, 1.82) is 0 Å². The number of likely N-dealkylation sites (tertiary alicyclic amines) is 1. The van der Waals surface area contributed by atoms with Crippen LogP contribution in [0.15, 0.2) is 12.4 Å². The molecule has 2 N–H and O–H groups in total. The monoisotopic (exact) mass is 194 g/mol. The van der Waals surface area contributed by atoms with Gasteiger partial charge < -0.3 is 15.2 Å². The molecule has 0 saturated carbocycles. The summed E-state index contributed by atoms with van der Waals surface area (Å²) in [4.78, 5) is 6.70. The van der Waals surface area contributed by atoms with E-state index in [-0.39, 0.29) is 0 Å². The van der Waals surface area contributed by atoms with E-state index < -0.39 is 0 Å². The molecule has 0 aliphatic carbocycles. The molecule has 4 nitrogen and oxygen atoms in total. The number of nitrogens with two attached hydrogens (primary N) is 1. The lowest BCUT2D eigenvalue weighted by Crippen LogP contribution is -2.18. The van der Waals surface area contributed by atoms with Crippen LogP contribution in [0.5, 0.6) is 0 Å². The Balaban J connectivity index is 2.11. The van der Waals surface area contributed by atoms with E-state index in [0.29, 0.717) is 12.6 Å². The summed E-state index contributed by atoms with van der Waals surface area (Å²) in [5.41, 5.74) is 5.55. The standard InChI is InChI=1S/C10H18N4/c1-13-6-3-9(8-13)14-7-5-12-10(14)2-4-11/h5,7,9H,2-4,6,8,11H2,1H3. The lowest BCUT2D eigenvalue weighted by Gasteiger charge is -2.15. The molecule has 0 radical (unpaired) electrons. The average molecular weight is 194 g/mol. The van der Waals surface area contributed by atoms with Crippen LogP contribution in [-0.2, 0) is 6.42 Å². The van der Waals surface area contributed by atoms with Crippen molar-refractivity contribution in [2.45, 2.75) is 18.9 Å². The first kappa shape index (κ1) is 9.68. The van der Waals surface area contributed by atoms with Gasteiger partial charge in [0.05, 0.1) is 0 Å². The summed E-state index contributed by atoms with van der Waals surface area (Å²) >= 11 is 0. The number of hydrogen-bond acceptors (Lipinski definition) is 3. The van der Waals surface area contributed by atoms with Crippen molar-refractivity contribution in [1.82, 2.24) is 14.5 Å². The zero-order chi connectivity index (χ0) is 9.97. The highest BCUT2D eigenvalue weighted by Crippen LogP contribution is 2.21. The Morgan fingerprint density at radius 2 is 2.50 bits per heavy atom. The second kappa shape index (κ2) is 4.11. The lowest BCUT2D eigenvalue weighted by atomic mass is 10.2. The van der Waals surface area contributed by atoms with Gasteiger partial charge in [0.2, 0.25) is 0 Å². The van der Waals surface area contributed by atoms with Gasteiger partial charge in [0.15, 0.2) is 0 Å². The van der Waals surface area contributed by atoms with Crippen LogP contribution in [-0.4, -0.2) is 41.1 Å². The number of imidazole rings is 1. The van der Waals surface area contributed by atoms with Crippen molar-refractivity contribution in [3.05, 3.63) is 18.2 Å². The van der Waals surface area contributed by atoms with Crippen LogP contribution in [0.4, 0.5) is 0 Å². The minimum Gasteiger partial charge on any atom is -0.331 e. The highest BCUT2D eigenvalue weighted by Gasteiger charge is 2.22.